The molecule has 21 heavy (non-hydrogen) atoms. The van der Waals surface area contributed by atoms with E-state index in [9.17, 15) is 18.0 Å². The Labute approximate surface area is 120 Å². The summed E-state index contributed by atoms with van der Waals surface area (Å²) >= 11 is 0. The highest BCUT2D eigenvalue weighted by molar-refractivity contribution is 5.82. The normalized spacial score (nSPS) is 20.3. The van der Waals surface area contributed by atoms with Gasteiger partial charge in [0.05, 0.1) is 19.2 Å². The highest BCUT2D eigenvalue weighted by Crippen LogP contribution is 2.25. The van der Waals surface area contributed by atoms with Crippen LogP contribution in [0.25, 0.3) is 0 Å². The molecule has 1 aromatic carbocycles. The van der Waals surface area contributed by atoms with Gasteiger partial charge in [0.25, 0.3) is 5.92 Å². The van der Waals surface area contributed by atoms with Crippen molar-refractivity contribution in [3.05, 3.63) is 29.6 Å². The zero-order chi connectivity index (χ0) is 15.5. The lowest BCUT2D eigenvalue weighted by Crippen LogP contribution is -2.40. The number of hydrogen-bond acceptors (Lipinski definition) is 3. The number of alkyl halides is 2. The number of ether oxygens (including phenoxy) is 1. The van der Waals surface area contributed by atoms with Crippen LogP contribution in [0, 0.1) is 5.82 Å². The topological polar surface area (TPSA) is 50.4 Å². The lowest BCUT2D eigenvalue weighted by atomic mass is 10.1. The fraction of sp³-hybridized carbons (Fsp3) is 0.500. The molecule has 7 heteroatoms. The number of carbonyl (C=O) groups excluding carboxylic acids is 1. The molecule has 2 N–H and O–H groups in total. The molecule has 4 nitrogen and oxygen atoms in total. The van der Waals surface area contributed by atoms with Crippen LogP contribution in [0.1, 0.15) is 18.9 Å². The van der Waals surface area contributed by atoms with E-state index >= 15 is 0 Å². The van der Waals surface area contributed by atoms with Crippen molar-refractivity contribution >= 4 is 5.91 Å². The molecule has 1 atom stereocenters. The summed E-state index contributed by atoms with van der Waals surface area (Å²) in [6, 6.07) is 3.43. The van der Waals surface area contributed by atoms with E-state index in [1.807, 2.05) is 0 Å². The van der Waals surface area contributed by atoms with Crippen molar-refractivity contribution in [2.24, 2.45) is 0 Å². The Kier molecular flexibility index (Phi) is 4.72. The third kappa shape index (κ3) is 4.10. The standard InChI is InChI=1S/C14H17F3N2O2/c1-2-21-12-4-3-9(5-10(12)15)7-18-13(20)11-6-14(16,17)8-19-11/h3-5,11,19H,2,6-8H2,1H3,(H,18,20). The number of carbonyl (C=O) groups is 1. The summed E-state index contributed by atoms with van der Waals surface area (Å²) in [6.45, 7) is 1.68. The number of nitrogens with one attached hydrogen (secondary N) is 2. The largest absolute Gasteiger partial charge is 0.491 e. The van der Waals surface area contributed by atoms with Crippen molar-refractivity contribution in [1.29, 1.82) is 0 Å². The molecule has 0 radical (unpaired) electrons. The van der Waals surface area contributed by atoms with E-state index in [1.54, 1.807) is 13.0 Å². The molecule has 1 aromatic rings. The van der Waals surface area contributed by atoms with Gasteiger partial charge in [-0.3, -0.25) is 10.1 Å². The first kappa shape index (κ1) is 15.6. The third-order valence-electron chi connectivity index (χ3n) is 3.19. The Bertz CT molecular complexity index is 523. The van der Waals surface area contributed by atoms with E-state index < -0.39 is 36.7 Å². The number of halogens is 3. The maximum atomic E-state index is 13.6. The van der Waals surface area contributed by atoms with Gasteiger partial charge in [0.2, 0.25) is 5.91 Å². The number of rotatable bonds is 5. The molecule has 0 aliphatic carbocycles. The molecule has 1 aliphatic heterocycles. The van der Waals surface area contributed by atoms with Crippen LogP contribution in [0.15, 0.2) is 18.2 Å². The van der Waals surface area contributed by atoms with Crippen LogP contribution in [-0.2, 0) is 11.3 Å². The van der Waals surface area contributed by atoms with Gasteiger partial charge in [-0.25, -0.2) is 13.2 Å². The summed E-state index contributed by atoms with van der Waals surface area (Å²) in [5.74, 6) is -3.74. The van der Waals surface area contributed by atoms with Gasteiger partial charge < -0.3 is 10.1 Å². The average Bonchev–Trinajstić information content (AvgIpc) is 2.79. The second-order valence-corrected chi connectivity index (χ2v) is 4.91. The van der Waals surface area contributed by atoms with Crippen LogP contribution in [0.3, 0.4) is 0 Å². The van der Waals surface area contributed by atoms with Crippen molar-refractivity contribution < 1.29 is 22.7 Å². The van der Waals surface area contributed by atoms with E-state index in [0.717, 1.165) is 0 Å². The first-order valence-electron chi connectivity index (χ1n) is 6.71. The van der Waals surface area contributed by atoms with Crippen LogP contribution < -0.4 is 15.4 Å². The van der Waals surface area contributed by atoms with Gasteiger partial charge in [-0.15, -0.1) is 0 Å². The molecule has 1 amide bonds. The minimum atomic E-state index is -2.85. The van der Waals surface area contributed by atoms with E-state index in [2.05, 4.69) is 10.6 Å². The van der Waals surface area contributed by atoms with Crippen LogP contribution in [0.2, 0.25) is 0 Å². The molecule has 1 aliphatic rings. The molecule has 0 aromatic heterocycles. The molecule has 2 rings (SSSR count). The van der Waals surface area contributed by atoms with Crippen LogP contribution in [0.4, 0.5) is 13.2 Å². The number of hydrogen-bond donors (Lipinski definition) is 2. The minimum absolute atomic E-state index is 0.0753. The molecular weight excluding hydrogens is 285 g/mol. The predicted octanol–water partition coefficient (Wildman–Crippen LogP) is 1.84. The van der Waals surface area contributed by atoms with Gasteiger partial charge in [-0.05, 0) is 24.6 Å². The summed E-state index contributed by atoms with van der Waals surface area (Å²) in [4.78, 5) is 11.7. The first-order valence-corrected chi connectivity index (χ1v) is 6.71. The predicted molar refractivity (Wildman–Crippen MR) is 70.8 cm³/mol. The summed E-state index contributed by atoms with van der Waals surface area (Å²) in [5, 5.41) is 4.98. The van der Waals surface area contributed by atoms with E-state index in [-0.39, 0.29) is 12.3 Å². The quantitative estimate of drug-likeness (QED) is 0.872. The minimum Gasteiger partial charge on any atom is -0.491 e. The third-order valence-corrected chi connectivity index (χ3v) is 3.19. The summed E-state index contributed by atoms with van der Waals surface area (Å²) in [6.07, 6.45) is -0.517. The Balaban J connectivity index is 1.88. The Hall–Kier alpha value is -1.76. The van der Waals surface area contributed by atoms with Crippen molar-refractivity contribution in [3.8, 4) is 5.75 Å². The molecule has 1 heterocycles. The zero-order valence-corrected chi connectivity index (χ0v) is 11.6. The summed E-state index contributed by atoms with van der Waals surface area (Å²) in [7, 11) is 0. The van der Waals surface area contributed by atoms with Gasteiger partial charge >= 0.3 is 0 Å². The van der Waals surface area contributed by atoms with Crippen LogP contribution >= 0.6 is 0 Å². The Morgan fingerprint density at radius 2 is 2.29 bits per heavy atom. The van der Waals surface area contributed by atoms with Gasteiger partial charge in [0.1, 0.15) is 0 Å². The van der Waals surface area contributed by atoms with E-state index in [1.165, 1.54) is 12.1 Å². The second kappa shape index (κ2) is 6.34. The average molecular weight is 302 g/mol. The highest BCUT2D eigenvalue weighted by Gasteiger charge is 2.42. The maximum absolute atomic E-state index is 13.6. The number of amides is 1. The first-order chi connectivity index (χ1) is 9.91. The molecular formula is C14H17F3N2O2. The fourth-order valence-corrected chi connectivity index (χ4v) is 2.14. The Morgan fingerprint density at radius 3 is 2.86 bits per heavy atom. The van der Waals surface area contributed by atoms with Crippen molar-refractivity contribution in [3.63, 3.8) is 0 Å². The van der Waals surface area contributed by atoms with Crippen molar-refractivity contribution in [2.75, 3.05) is 13.2 Å². The molecule has 0 spiro atoms. The molecule has 1 unspecified atom stereocenters. The van der Waals surface area contributed by atoms with E-state index in [4.69, 9.17) is 4.74 Å². The Morgan fingerprint density at radius 1 is 1.52 bits per heavy atom. The lowest BCUT2D eigenvalue weighted by Gasteiger charge is -2.12. The molecule has 0 saturated carbocycles. The monoisotopic (exact) mass is 302 g/mol. The summed E-state index contributed by atoms with van der Waals surface area (Å²) in [5.41, 5.74) is 0.536. The van der Waals surface area contributed by atoms with Crippen molar-refractivity contribution in [1.82, 2.24) is 10.6 Å². The van der Waals surface area contributed by atoms with Gasteiger partial charge in [-0.1, -0.05) is 6.07 Å². The van der Waals surface area contributed by atoms with Gasteiger partial charge in [-0.2, -0.15) is 0 Å². The van der Waals surface area contributed by atoms with E-state index in [0.29, 0.717) is 12.2 Å². The molecule has 116 valence electrons. The smallest absolute Gasteiger partial charge is 0.262 e. The lowest BCUT2D eigenvalue weighted by molar-refractivity contribution is -0.123. The summed E-state index contributed by atoms with van der Waals surface area (Å²) < 4.78 is 44.6. The zero-order valence-electron chi connectivity index (χ0n) is 11.6. The molecule has 1 fully saturated rings. The second-order valence-electron chi connectivity index (χ2n) is 4.91. The SMILES string of the molecule is CCOc1ccc(CNC(=O)C2CC(F)(F)CN2)cc1F. The fourth-order valence-electron chi connectivity index (χ4n) is 2.14. The molecule has 1 saturated heterocycles. The maximum Gasteiger partial charge on any atom is 0.262 e. The molecule has 0 bridgehead atoms. The van der Waals surface area contributed by atoms with Gasteiger partial charge in [0, 0.05) is 13.0 Å². The van der Waals surface area contributed by atoms with Crippen molar-refractivity contribution in [2.45, 2.75) is 31.9 Å². The highest BCUT2D eigenvalue weighted by atomic mass is 19.3. The van der Waals surface area contributed by atoms with Gasteiger partial charge in [0.15, 0.2) is 11.6 Å². The number of benzene rings is 1. The van der Waals surface area contributed by atoms with Crippen LogP contribution in [-0.4, -0.2) is 31.0 Å². The van der Waals surface area contributed by atoms with Crippen LogP contribution in [0.5, 0.6) is 5.75 Å².